The molecule has 1 aliphatic rings. The summed E-state index contributed by atoms with van der Waals surface area (Å²) in [5.41, 5.74) is 5.59. The molecule has 1 aliphatic carbocycles. The largest absolute Gasteiger partial charge is 0.507 e. The van der Waals surface area contributed by atoms with Crippen molar-refractivity contribution in [3.63, 3.8) is 0 Å². The number of amides is 1. The van der Waals surface area contributed by atoms with Gasteiger partial charge in [-0.1, -0.05) is 0 Å². The Morgan fingerprint density at radius 2 is 2.24 bits per heavy atom. The predicted molar refractivity (Wildman–Crippen MR) is 61.1 cm³/mol. The molecule has 17 heavy (non-hydrogen) atoms. The van der Waals surface area contributed by atoms with Crippen molar-refractivity contribution >= 4 is 5.91 Å². The van der Waals surface area contributed by atoms with Gasteiger partial charge in [0.1, 0.15) is 11.6 Å². The van der Waals surface area contributed by atoms with Crippen LogP contribution in [0.25, 0.3) is 0 Å². The minimum Gasteiger partial charge on any atom is -0.507 e. The molecule has 0 bridgehead atoms. The summed E-state index contributed by atoms with van der Waals surface area (Å²) >= 11 is 0. The van der Waals surface area contributed by atoms with Crippen molar-refractivity contribution in [1.82, 2.24) is 5.32 Å². The van der Waals surface area contributed by atoms with Gasteiger partial charge in [0, 0.05) is 12.6 Å². The van der Waals surface area contributed by atoms with Crippen LogP contribution >= 0.6 is 0 Å². The summed E-state index contributed by atoms with van der Waals surface area (Å²) in [6, 6.07) is 3.54. The second kappa shape index (κ2) is 4.71. The summed E-state index contributed by atoms with van der Waals surface area (Å²) < 4.78 is 12.9. The minimum atomic E-state index is -0.543. The van der Waals surface area contributed by atoms with Crippen molar-refractivity contribution < 1.29 is 14.3 Å². The summed E-state index contributed by atoms with van der Waals surface area (Å²) in [4.78, 5) is 11.7. The average Bonchev–Trinajstić information content (AvgIpc) is 2.26. The number of carbonyl (C=O) groups excluding carboxylic acids is 1. The zero-order chi connectivity index (χ0) is 12.4. The number of benzene rings is 1. The molecule has 1 fully saturated rings. The first-order valence-electron chi connectivity index (χ1n) is 5.58. The fourth-order valence-electron chi connectivity index (χ4n) is 1.98. The molecule has 0 saturated heterocycles. The Balaban J connectivity index is 1.92. The molecule has 4 N–H and O–H groups in total. The molecule has 0 heterocycles. The Morgan fingerprint density at radius 3 is 2.88 bits per heavy atom. The van der Waals surface area contributed by atoms with Crippen molar-refractivity contribution in [2.24, 2.45) is 11.7 Å². The van der Waals surface area contributed by atoms with Gasteiger partial charge in [0.25, 0.3) is 5.91 Å². The lowest BCUT2D eigenvalue weighted by molar-refractivity contribution is 0.0932. The van der Waals surface area contributed by atoms with Crippen molar-refractivity contribution in [2.45, 2.75) is 18.9 Å². The highest BCUT2D eigenvalue weighted by Gasteiger charge is 2.26. The van der Waals surface area contributed by atoms with Crippen molar-refractivity contribution in [3.05, 3.63) is 29.6 Å². The van der Waals surface area contributed by atoms with Gasteiger partial charge >= 0.3 is 0 Å². The van der Waals surface area contributed by atoms with Crippen LogP contribution in [-0.4, -0.2) is 23.6 Å². The number of carbonyl (C=O) groups is 1. The topological polar surface area (TPSA) is 75.3 Å². The average molecular weight is 238 g/mol. The molecule has 0 aromatic heterocycles. The van der Waals surface area contributed by atoms with E-state index in [1.807, 2.05) is 0 Å². The Labute approximate surface area is 98.6 Å². The summed E-state index contributed by atoms with van der Waals surface area (Å²) in [6.45, 7) is 0.516. The van der Waals surface area contributed by atoms with Crippen LogP contribution in [0.3, 0.4) is 0 Å². The van der Waals surface area contributed by atoms with Gasteiger partial charge in [-0.25, -0.2) is 4.39 Å². The van der Waals surface area contributed by atoms with Crippen molar-refractivity contribution in [2.75, 3.05) is 6.54 Å². The maximum atomic E-state index is 12.9. The van der Waals surface area contributed by atoms with E-state index >= 15 is 0 Å². The van der Waals surface area contributed by atoms with Gasteiger partial charge in [0.15, 0.2) is 0 Å². The maximum Gasteiger partial charge on any atom is 0.255 e. The molecule has 1 saturated carbocycles. The van der Waals surface area contributed by atoms with Gasteiger partial charge in [-0.05, 0) is 37.0 Å². The van der Waals surface area contributed by atoms with Gasteiger partial charge in [-0.2, -0.15) is 0 Å². The van der Waals surface area contributed by atoms with E-state index in [0.29, 0.717) is 12.5 Å². The van der Waals surface area contributed by atoms with Crippen LogP contribution in [0.4, 0.5) is 4.39 Å². The Kier molecular flexibility index (Phi) is 3.28. The molecule has 2 rings (SSSR count). The van der Waals surface area contributed by atoms with Crippen LogP contribution in [0.2, 0.25) is 0 Å². The summed E-state index contributed by atoms with van der Waals surface area (Å²) in [6.07, 6.45) is 1.80. The van der Waals surface area contributed by atoms with E-state index in [-0.39, 0.29) is 17.4 Å². The molecular weight excluding hydrogens is 223 g/mol. The summed E-state index contributed by atoms with van der Waals surface area (Å²) in [5, 5.41) is 12.1. The van der Waals surface area contributed by atoms with E-state index in [4.69, 9.17) is 5.73 Å². The normalized spacial score (nSPS) is 22.9. The van der Waals surface area contributed by atoms with Gasteiger partial charge in [-0.15, -0.1) is 0 Å². The summed E-state index contributed by atoms with van der Waals surface area (Å²) in [5.74, 6) is -0.819. The Morgan fingerprint density at radius 1 is 1.53 bits per heavy atom. The third-order valence-electron chi connectivity index (χ3n) is 3.03. The number of rotatable bonds is 3. The number of hydrogen-bond donors (Lipinski definition) is 3. The number of phenolic OH excluding ortho intramolecular Hbond substituents is 1. The van der Waals surface area contributed by atoms with E-state index in [9.17, 15) is 14.3 Å². The molecule has 0 radical (unpaired) electrons. The minimum absolute atomic E-state index is 0.0337. The monoisotopic (exact) mass is 238 g/mol. The highest BCUT2D eigenvalue weighted by molar-refractivity contribution is 5.96. The van der Waals surface area contributed by atoms with Gasteiger partial charge in [-0.3, -0.25) is 4.79 Å². The van der Waals surface area contributed by atoms with E-state index in [2.05, 4.69) is 5.32 Å². The SMILES string of the molecule is NC1CC(CNC(=O)c2cc(F)ccc2O)C1. The number of phenols is 1. The first kappa shape index (κ1) is 11.9. The van der Waals surface area contributed by atoms with Crippen molar-refractivity contribution in [3.8, 4) is 5.75 Å². The smallest absolute Gasteiger partial charge is 0.255 e. The van der Waals surface area contributed by atoms with Gasteiger partial charge in [0.05, 0.1) is 5.56 Å². The fourth-order valence-corrected chi connectivity index (χ4v) is 1.98. The number of nitrogens with one attached hydrogen (secondary N) is 1. The third-order valence-corrected chi connectivity index (χ3v) is 3.03. The van der Waals surface area contributed by atoms with E-state index in [1.165, 1.54) is 6.07 Å². The van der Waals surface area contributed by atoms with E-state index < -0.39 is 11.7 Å². The molecule has 4 nitrogen and oxygen atoms in total. The molecule has 1 aromatic carbocycles. The van der Waals surface area contributed by atoms with Crippen LogP contribution in [0.1, 0.15) is 23.2 Å². The zero-order valence-corrected chi connectivity index (χ0v) is 9.32. The van der Waals surface area contributed by atoms with Crippen LogP contribution in [-0.2, 0) is 0 Å². The number of nitrogens with two attached hydrogens (primary N) is 1. The predicted octanol–water partition coefficient (Wildman–Crippen LogP) is 0.998. The standard InChI is InChI=1S/C12H15FN2O2/c13-8-1-2-11(16)10(5-8)12(17)15-6-7-3-9(14)4-7/h1-2,5,7,9,16H,3-4,6,14H2,(H,15,17). The first-order valence-corrected chi connectivity index (χ1v) is 5.58. The summed E-state index contributed by atoms with van der Waals surface area (Å²) in [7, 11) is 0. The third kappa shape index (κ3) is 2.74. The molecule has 5 heteroatoms. The molecule has 0 unspecified atom stereocenters. The molecule has 0 spiro atoms. The lowest BCUT2D eigenvalue weighted by atomic mass is 9.81. The molecule has 0 aliphatic heterocycles. The van der Waals surface area contributed by atoms with Crippen LogP contribution in [0, 0.1) is 11.7 Å². The molecule has 1 amide bonds. The molecular formula is C12H15FN2O2. The Bertz CT molecular complexity index is 431. The lowest BCUT2D eigenvalue weighted by Crippen LogP contribution is -2.42. The highest BCUT2D eigenvalue weighted by atomic mass is 19.1. The second-order valence-corrected chi connectivity index (χ2v) is 4.47. The van der Waals surface area contributed by atoms with Gasteiger partial charge in [0.2, 0.25) is 0 Å². The quantitative estimate of drug-likeness (QED) is 0.735. The molecule has 1 aromatic rings. The van der Waals surface area contributed by atoms with Crippen molar-refractivity contribution in [1.29, 1.82) is 0 Å². The highest BCUT2D eigenvalue weighted by Crippen LogP contribution is 2.25. The van der Waals surface area contributed by atoms with Crippen LogP contribution in [0.5, 0.6) is 5.75 Å². The number of hydrogen-bond acceptors (Lipinski definition) is 3. The van der Waals surface area contributed by atoms with Gasteiger partial charge < -0.3 is 16.2 Å². The maximum absolute atomic E-state index is 12.9. The lowest BCUT2D eigenvalue weighted by Gasteiger charge is -2.32. The second-order valence-electron chi connectivity index (χ2n) is 4.47. The zero-order valence-electron chi connectivity index (χ0n) is 9.32. The number of halogens is 1. The Hall–Kier alpha value is -1.62. The first-order chi connectivity index (χ1) is 8.06. The number of aromatic hydroxyl groups is 1. The van der Waals surface area contributed by atoms with E-state index in [1.54, 1.807) is 0 Å². The molecule has 92 valence electrons. The van der Waals surface area contributed by atoms with Crippen LogP contribution in [0.15, 0.2) is 18.2 Å². The van der Waals surface area contributed by atoms with Crippen LogP contribution < -0.4 is 11.1 Å². The van der Waals surface area contributed by atoms with E-state index in [0.717, 1.165) is 25.0 Å². The molecule has 0 atom stereocenters. The fraction of sp³-hybridized carbons (Fsp3) is 0.417.